The minimum Gasteiger partial charge on any atom is -0.265 e. The second-order valence-corrected chi connectivity index (χ2v) is 8.46. The maximum atomic E-state index is 5.03. The van der Waals surface area contributed by atoms with Crippen LogP contribution in [0.25, 0.3) is 56.2 Å². The smallest absolute Gasteiger partial charge is 0.160 e. The third-order valence-corrected chi connectivity index (χ3v) is 6.08. The Kier molecular flexibility index (Phi) is 5.83. The molecule has 0 saturated heterocycles. The largest absolute Gasteiger partial charge is 0.265 e. The molecule has 0 atom stereocenters. The minimum absolute atomic E-state index is 0.701. The molecule has 0 radical (unpaired) electrons. The lowest BCUT2D eigenvalue weighted by Crippen LogP contribution is -1.96. The quantitative estimate of drug-likeness (QED) is 0.265. The van der Waals surface area contributed by atoms with E-state index < -0.39 is 0 Å². The molecular formula is C32H22N4. The summed E-state index contributed by atoms with van der Waals surface area (Å²) in [5.74, 6) is 0.701. The summed E-state index contributed by atoms with van der Waals surface area (Å²) in [4.78, 5) is 18.4. The van der Waals surface area contributed by atoms with Crippen LogP contribution in [0, 0.1) is 0 Å². The van der Waals surface area contributed by atoms with E-state index in [1.54, 1.807) is 0 Å². The Morgan fingerprint density at radius 3 is 1.31 bits per heavy atom. The van der Waals surface area contributed by atoms with Gasteiger partial charge >= 0.3 is 0 Å². The van der Waals surface area contributed by atoms with Crippen LogP contribution in [-0.4, -0.2) is 19.9 Å². The molecule has 36 heavy (non-hydrogen) atoms. The zero-order valence-electron chi connectivity index (χ0n) is 19.5. The van der Waals surface area contributed by atoms with Gasteiger partial charge in [-0.1, -0.05) is 60.7 Å². The first-order valence-electron chi connectivity index (χ1n) is 11.8. The highest BCUT2D eigenvalue weighted by atomic mass is 14.9. The molecule has 6 rings (SSSR count). The van der Waals surface area contributed by atoms with Gasteiger partial charge in [-0.3, -0.25) is 9.97 Å². The zero-order valence-corrected chi connectivity index (χ0v) is 19.5. The van der Waals surface area contributed by atoms with Gasteiger partial charge in [-0.05, 0) is 70.8 Å². The first kappa shape index (κ1) is 21.6. The number of pyridine rings is 2. The molecule has 3 heterocycles. The van der Waals surface area contributed by atoms with Gasteiger partial charge in [-0.25, -0.2) is 9.97 Å². The van der Waals surface area contributed by atoms with Crippen LogP contribution in [0.1, 0.15) is 0 Å². The highest BCUT2D eigenvalue weighted by Gasteiger charge is 2.13. The molecule has 0 unspecified atom stereocenters. The van der Waals surface area contributed by atoms with Crippen LogP contribution in [0.5, 0.6) is 0 Å². The van der Waals surface area contributed by atoms with Crippen molar-refractivity contribution >= 4 is 0 Å². The van der Waals surface area contributed by atoms with E-state index in [2.05, 4.69) is 46.4 Å². The maximum Gasteiger partial charge on any atom is 0.160 e. The summed E-state index contributed by atoms with van der Waals surface area (Å²) in [6, 6.07) is 37.1. The molecule has 0 aliphatic heterocycles. The molecule has 4 heteroatoms. The second kappa shape index (κ2) is 9.72. The van der Waals surface area contributed by atoms with Crippen LogP contribution < -0.4 is 0 Å². The highest BCUT2D eigenvalue weighted by molar-refractivity contribution is 5.81. The lowest BCUT2D eigenvalue weighted by Gasteiger charge is -2.13. The predicted octanol–water partition coefficient (Wildman–Crippen LogP) is 7.60. The van der Waals surface area contributed by atoms with E-state index in [1.807, 2.05) is 97.6 Å². The van der Waals surface area contributed by atoms with Gasteiger partial charge in [0.2, 0.25) is 0 Å². The molecule has 6 aromatic rings. The van der Waals surface area contributed by atoms with Gasteiger partial charge < -0.3 is 0 Å². The predicted molar refractivity (Wildman–Crippen MR) is 145 cm³/mol. The Morgan fingerprint density at radius 1 is 0.333 bits per heavy atom. The lowest BCUT2D eigenvalue weighted by atomic mass is 9.95. The molecule has 4 nitrogen and oxygen atoms in total. The van der Waals surface area contributed by atoms with Crippen LogP contribution in [0.15, 0.2) is 134 Å². The first-order chi connectivity index (χ1) is 17.8. The Hall–Kier alpha value is -4.96. The van der Waals surface area contributed by atoms with Gasteiger partial charge in [0.25, 0.3) is 0 Å². The summed E-state index contributed by atoms with van der Waals surface area (Å²) in [6.45, 7) is 0. The lowest BCUT2D eigenvalue weighted by molar-refractivity contribution is 1.18. The van der Waals surface area contributed by atoms with E-state index in [-0.39, 0.29) is 0 Å². The van der Waals surface area contributed by atoms with Gasteiger partial charge in [-0.15, -0.1) is 0 Å². The molecule has 0 aliphatic rings. The van der Waals surface area contributed by atoms with E-state index in [1.165, 1.54) is 0 Å². The van der Waals surface area contributed by atoms with Crippen LogP contribution in [0.3, 0.4) is 0 Å². The molecule has 3 aromatic carbocycles. The van der Waals surface area contributed by atoms with Crippen molar-refractivity contribution in [3.8, 4) is 56.2 Å². The van der Waals surface area contributed by atoms with Crippen LogP contribution >= 0.6 is 0 Å². The van der Waals surface area contributed by atoms with Gasteiger partial charge in [-0.2, -0.15) is 0 Å². The van der Waals surface area contributed by atoms with Crippen molar-refractivity contribution in [2.24, 2.45) is 0 Å². The molecule has 0 N–H and O–H groups in total. The topological polar surface area (TPSA) is 51.6 Å². The Labute approximate surface area is 210 Å². The van der Waals surface area contributed by atoms with Gasteiger partial charge in [0.05, 0.1) is 11.4 Å². The normalized spacial score (nSPS) is 10.8. The summed E-state index contributed by atoms with van der Waals surface area (Å²) in [5, 5.41) is 0. The van der Waals surface area contributed by atoms with E-state index in [9.17, 15) is 0 Å². The molecule has 0 spiro atoms. The maximum absolute atomic E-state index is 5.03. The molecule has 0 fully saturated rings. The third-order valence-electron chi connectivity index (χ3n) is 6.08. The van der Waals surface area contributed by atoms with Crippen molar-refractivity contribution in [1.82, 2.24) is 19.9 Å². The molecule has 170 valence electrons. The average Bonchev–Trinajstić information content (AvgIpc) is 2.98. The summed E-state index contributed by atoms with van der Waals surface area (Å²) in [7, 11) is 0. The van der Waals surface area contributed by atoms with Crippen LogP contribution in [0.2, 0.25) is 0 Å². The van der Waals surface area contributed by atoms with Gasteiger partial charge in [0, 0.05) is 41.5 Å². The van der Waals surface area contributed by atoms with Crippen molar-refractivity contribution in [2.45, 2.75) is 0 Å². The Bertz CT molecular complexity index is 1360. The molecule has 0 amide bonds. The number of hydrogen-bond acceptors (Lipinski definition) is 4. The molecule has 3 aromatic heterocycles. The SMILES string of the molecule is c1ccc(-c2cc(-c3cc(-c4ccncc4)cc(-c4ccncc4)c3)nc(-c3ccccc3)n2)cc1. The number of benzene rings is 3. The summed E-state index contributed by atoms with van der Waals surface area (Å²) in [6.07, 6.45) is 7.28. The molecular weight excluding hydrogens is 440 g/mol. The summed E-state index contributed by atoms with van der Waals surface area (Å²) < 4.78 is 0. The number of rotatable bonds is 5. The Morgan fingerprint density at radius 2 is 0.778 bits per heavy atom. The van der Waals surface area contributed by atoms with E-state index in [0.717, 1.165) is 50.3 Å². The van der Waals surface area contributed by atoms with Crippen molar-refractivity contribution in [3.63, 3.8) is 0 Å². The monoisotopic (exact) mass is 462 g/mol. The number of hydrogen-bond donors (Lipinski definition) is 0. The van der Waals surface area contributed by atoms with Crippen LogP contribution in [-0.2, 0) is 0 Å². The standard InChI is InChI=1S/C32H22N4/c1-3-7-25(8-4-1)30-22-31(36-32(35-30)26-9-5-2-6-10-26)29-20-27(23-11-15-33-16-12-23)19-28(21-29)24-13-17-34-18-14-24/h1-22H. The number of nitrogens with zero attached hydrogens (tertiary/aromatic N) is 4. The summed E-state index contributed by atoms with van der Waals surface area (Å²) in [5.41, 5.74) is 9.21. The fourth-order valence-electron chi connectivity index (χ4n) is 4.27. The van der Waals surface area contributed by atoms with E-state index in [0.29, 0.717) is 5.82 Å². The second-order valence-electron chi connectivity index (χ2n) is 8.46. The molecule has 0 saturated carbocycles. The highest BCUT2D eigenvalue weighted by Crippen LogP contribution is 2.34. The zero-order chi connectivity index (χ0) is 24.2. The van der Waals surface area contributed by atoms with Crippen molar-refractivity contribution in [1.29, 1.82) is 0 Å². The van der Waals surface area contributed by atoms with Crippen molar-refractivity contribution in [3.05, 3.63) is 134 Å². The fraction of sp³-hybridized carbons (Fsp3) is 0. The van der Waals surface area contributed by atoms with Crippen molar-refractivity contribution < 1.29 is 0 Å². The van der Waals surface area contributed by atoms with E-state index in [4.69, 9.17) is 9.97 Å². The Balaban J connectivity index is 1.58. The van der Waals surface area contributed by atoms with Gasteiger partial charge in [0.1, 0.15) is 0 Å². The molecule has 0 aliphatic carbocycles. The number of aromatic nitrogens is 4. The van der Waals surface area contributed by atoms with Crippen molar-refractivity contribution in [2.75, 3.05) is 0 Å². The van der Waals surface area contributed by atoms with Gasteiger partial charge in [0.15, 0.2) is 5.82 Å². The minimum atomic E-state index is 0.701. The first-order valence-corrected chi connectivity index (χ1v) is 11.8. The fourth-order valence-corrected chi connectivity index (χ4v) is 4.27. The third kappa shape index (κ3) is 4.52. The average molecular weight is 463 g/mol. The van der Waals surface area contributed by atoms with Crippen LogP contribution in [0.4, 0.5) is 0 Å². The summed E-state index contributed by atoms with van der Waals surface area (Å²) >= 11 is 0. The molecule has 0 bridgehead atoms. The van der Waals surface area contributed by atoms with E-state index >= 15 is 0 Å².